The van der Waals surface area contributed by atoms with Crippen LogP contribution in [0.25, 0.3) is 110 Å². The zero-order valence-corrected chi connectivity index (χ0v) is 29.6. The Hall–Kier alpha value is -8.06. The monoisotopic (exact) mass is 714 g/mol. The van der Waals surface area contributed by atoms with E-state index in [0.717, 1.165) is 98.7 Å². The number of rotatable bonds is 3. The molecule has 0 saturated carbocycles. The van der Waals surface area contributed by atoms with E-state index in [1.54, 1.807) is 0 Å². The smallest absolute Gasteiger partial charge is 0.136 e. The summed E-state index contributed by atoms with van der Waals surface area (Å²) in [5.41, 5.74) is 11.0. The summed E-state index contributed by atoms with van der Waals surface area (Å²) in [6.45, 7) is 0. The van der Waals surface area contributed by atoms with Crippen LogP contribution in [-0.4, -0.2) is 9.13 Å². The van der Waals surface area contributed by atoms with E-state index >= 15 is 0 Å². The Morgan fingerprint density at radius 1 is 0.339 bits per heavy atom. The molecule has 8 aromatic carbocycles. The van der Waals surface area contributed by atoms with Crippen LogP contribution in [0.15, 0.2) is 167 Å². The molecule has 0 aliphatic rings. The zero-order valence-electron chi connectivity index (χ0n) is 29.6. The van der Waals surface area contributed by atoms with Gasteiger partial charge >= 0.3 is 0 Å². The van der Waals surface area contributed by atoms with Gasteiger partial charge in [0.1, 0.15) is 34.5 Å². The molecule has 0 spiro atoms. The van der Waals surface area contributed by atoms with Gasteiger partial charge in [-0.25, -0.2) is 0 Å². The molecule has 4 heterocycles. The fraction of sp³-hybridized carbons (Fsp3) is 0. The van der Waals surface area contributed by atoms with Gasteiger partial charge in [-0.3, -0.25) is 0 Å². The first-order chi connectivity index (χ1) is 27.7. The van der Waals surface area contributed by atoms with Crippen molar-refractivity contribution in [2.45, 2.75) is 0 Å². The van der Waals surface area contributed by atoms with Crippen LogP contribution in [0.4, 0.5) is 0 Å². The number of fused-ring (bicyclic) bond motifs is 14. The molecule has 258 valence electrons. The van der Waals surface area contributed by atoms with Crippen LogP contribution in [0.5, 0.6) is 0 Å². The van der Waals surface area contributed by atoms with Crippen molar-refractivity contribution in [3.05, 3.63) is 169 Å². The number of nitriles is 2. The van der Waals surface area contributed by atoms with Gasteiger partial charge in [-0.15, -0.1) is 0 Å². The molecule has 12 rings (SSSR count). The van der Waals surface area contributed by atoms with E-state index in [4.69, 9.17) is 8.83 Å². The first kappa shape index (κ1) is 30.4. The van der Waals surface area contributed by atoms with Gasteiger partial charge in [-0.1, -0.05) is 97.1 Å². The second-order valence-corrected chi connectivity index (χ2v) is 14.2. The van der Waals surface area contributed by atoms with E-state index in [0.29, 0.717) is 22.4 Å². The Kier molecular flexibility index (Phi) is 6.10. The van der Waals surface area contributed by atoms with Gasteiger partial charge in [0.05, 0.1) is 44.6 Å². The first-order valence-corrected chi connectivity index (χ1v) is 18.5. The van der Waals surface area contributed by atoms with Crippen molar-refractivity contribution in [1.82, 2.24) is 9.13 Å². The van der Waals surface area contributed by atoms with Crippen LogP contribution >= 0.6 is 0 Å². The molecular formula is C50H26N4O2. The average molecular weight is 715 g/mol. The number of furan rings is 2. The van der Waals surface area contributed by atoms with E-state index in [2.05, 4.69) is 88.0 Å². The molecule has 6 nitrogen and oxygen atoms in total. The molecule has 0 radical (unpaired) electrons. The lowest BCUT2D eigenvalue weighted by Crippen LogP contribution is -2.03. The molecule has 4 aromatic heterocycles. The molecule has 6 heteroatoms. The minimum Gasteiger partial charge on any atom is -0.456 e. The maximum atomic E-state index is 11.0. The van der Waals surface area contributed by atoms with Crippen LogP contribution in [0.3, 0.4) is 0 Å². The second kappa shape index (κ2) is 11.2. The molecule has 56 heavy (non-hydrogen) atoms. The van der Waals surface area contributed by atoms with Crippen molar-refractivity contribution in [3.63, 3.8) is 0 Å². The highest BCUT2D eigenvalue weighted by molar-refractivity contribution is 6.28. The summed E-state index contributed by atoms with van der Waals surface area (Å²) in [6.07, 6.45) is 0. The Bertz CT molecular complexity index is 3750. The van der Waals surface area contributed by atoms with Crippen LogP contribution in [-0.2, 0) is 0 Å². The van der Waals surface area contributed by atoms with Gasteiger partial charge < -0.3 is 18.0 Å². The molecule has 0 aliphatic carbocycles. The van der Waals surface area contributed by atoms with E-state index in [1.807, 2.05) is 91.0 Å². The summed E-state index contributed by atoms with van der Waals surface area (Å²) >= 11 is 0. The maximum Gasteiger partial charge on any atom is 0.136 e. The molecule has 0 bridgehead atoms. The standard InChI is InChI=1S/C50H26N4O2/c51-27-35-29(21-22-40(36(35)28-52)54-39-18-8-3-13-32(39)48-42(54)24-26-46-50(48)34-15-5-10-20-44(34)56-46)30-11-1-6-16-37(30)53-38-17-7-2-12-31(38)47-41(53)23-25-45-49(47)33-14-4-9-19-43(33)55-45/h1-26H. The average Bonchev–Trinajstić information content (AvgIpc) is 4.00. The largest absolute Gasteiger partial charge is 0.456 e. The van der Waals surface area contributed by atoms with E-state index < -0.39 is 0 Å². The Morgan fingerprint density at radius 2 is 0.821 bits per heavy atom. The fourth-order valence-corrected chi connectivity index (χ4v) is 9.20. The van der Waals surface area contributed by atoms with Crippen molar-refractivity contribution in [2.24, 2.45) is 0 Å². The summed E-state index contributed by atoms with van der Waals surface area (Å²) in [5, 5.41) is 30.5. The van der Waals surface area contributed by atoms with E-state index in [1.165, 1.54) is 0 Å². The van der Waals surface area contributed by atoms with Gasteiger partial charge in [0.25, 0.3) is 0 Å². The summed E-state index contributed by atoms with van der Waals surface area (Å²) in [7, 11) is 0. The summed E-state index contributed by atoms with van der Waals surface area (Å²) in [5.74, 6) is 0. The maximum absolute atomic E-state index is 11.0. The van der Waals surface area contributed by atoms with Crippen molar-refractivity contribution in [3.8, 4) is 34.6 Å². The van der Waals surface area contributed by atoms with E-state index in [-0.39, 0.29) is 0 Å². The van der Waals surface area contributed by atoms with Crippen molar-refractivity contribution >= 4 is 87.5 Å². The van der Waals surface area contributed by atoms with Gasteiger partial charge in [0.2, 0.25) is 0 Å². The molecule has 0 fully saturated rings. The number of para-hydroxylation sites is 5. The molecule has 0 atom stereocenters. The Balaban J connectivity index is 1.13. The SMILES string of the molecule is N#Cc1c(-c2ccccc2-n2c3ccccc3c3c4c(ccc32)oc2ccccc24)ccc(-n2c3ccccc3c3c4c(ccc32)oc2ccccc24)c1C#N. The number of benzene rings is 8. The van der Waals surface area contributed by atoms with Crippen LogP contribution < -0.4 is 0 Å². The van der Waals surface area contributed by atoms with Crippen molar-refractivity contribution < 1.29 is 8.83 Å². The lowest BCUT2D eigenvalue weighted by Gasteiger charge is -2.17. The zero-order chi connectivity index (χ0) is 37.1. The predicted octanol–water partition coefficient (Wildman–Crippen LogP) is 13.1. The molecule has 0 saturated heterocycles. The lowest BCUT2D eigenvalue weighted by atomic mass is 9.93. The number of hydrogen-bond donors (Lipinski definition) is 0. The lowest BCUT2D eigenvalue weighted by molar-refractivity contribution is 0.669. The highest BCUT2D eigenvalue weighted by Crippen LogP contribution is 2.45. The molecule has 0 unspecified atom stereocenters. The van der Waals surface area contributed by atoms with Crippen LogP contribution in [0.2, 0.25) is 0 Å². The number of aromatic nitrogens is 2. The second-order valence-electron chi connectivity index (χ2n) is 14.2. The van der Waals surface area contributed by atoms with Crippen molar-refractivity contribution in [2.75, 3.05) is 0 Å². The summed E-state index contributed by atoms with van der Waals surface area (Å²) < 4.78 is 17.0. The summed E-state index contributed by atoms with van der Waals surface area (Å²) in [6, 6.07) is 58.2. The van der Waals surface area contributed by atoms with Crippen LogP contribution in [0.1, 0.15) is 11.1 Å². The quantitative estimate of drug-likeness (QED) is 0.182. The van der Waals surface area contributed by atoms with Gasteiger partial charge in [0.15, 0.2) is 0 Å². The summed E-state index contributed by atoms with van der Waals surface area (Å²) in [4.78, 5) is 0. The molecule has 0 N–H and O–H groups in total. The minimum atomic E-state index is 0.313. The minimum absolute atomic E-state index is 0.313. The molecule has 0 aliphatic heterocycles. The number of hydrogen-bond acceptors (Lipinski definition) is 4. The highest BCUT2D eigenvalue weighted by Gasteiger charge is 2.25. The van der Waals surface area contributed by atoms with Crippen LogP contribution in [0, 0.1) is 22.7 Å². The topological polar surface area (TPSA) is 83.7 Å². The van der Waals surface area contributed by atoms with Gasteiger partial charge in [-0.2, -0.15) is 10.5 Å². The first-order valence-electron chi connectivity index (χ1n) is 18.5. The molecule has 12 aromatic rings. The molecule has 0 amide bonds. The Labute approximate surface area is 318 Å². The molecular weight excluding hydrogens is 689 g/mol. The highest BCUT2D eigenvalue weighted by atomic mass is 16.3. The van der Waals surface area contributed by atoms with E-state index in [9.17, 15) is 10.5 Å². The third-order valence-electron chi connectivity index (χ3n) is 11.4. The normalized spacial score (nSPS) is 11.9. The third-order valence-corrected chi connectivity index (χ3v) is 11.4. The van der Waals surface area contributed by atoms with Gasteiger partial charge in [0, 0.05) is 54.2 Å². The predicted molar refractivity (Wildman–Crippen MR) is 225 cm³/mol. The number of nitrogens with zero attached hydrogens (tertiary/aromatic N) is 4. The third kappa shape index (κ3) is 3.92. The Morgan fingerprint density at radius 3 is 1.39 bits per heavy atom. The van der Waals surface area contributed by atoms with Gasteiger partial charge in [-0.05, 0) is 60.7 Å². The van der Waals surface area contributed by atoms with Crippen molar-refractivity contribution in [1.29, 1.82) is 10.5 Å². The fourth-order valence-electron chi connectivity index (χ4n) is 9.20.